The molecular formula is C34H44N8O8S. The van der Waals surface area contributed by atoms with Crippen LogP contribution in [-0.4, -0.2) is 98.5 Å². The van der Waals surface area contributed by atoms with Crippen molar-refractivity contribution in [2.45, 2.75) is 101 Å². The lowest BCUT2D eigenvalue weighted by atomic mass is 9.84. The van der Waals surface area contributed by atoms with Crippen molar-refractivity contribution < 1.29 is 37.5 Å². The van der Waals surface area contributed by atoms with Crippen molar-refractivity contribution in [1.29, 1.82) is 5.26 Å². The first-order chi connectivity index (χ1) is 24.0. The molecule has 2 saturated heterocycles. The van der Waals surface area contributed by atoms with Crippen LogP contribution in [0.1, 0.15) is 99.3 Å². The van der Waals surface area contributed by atoms with Crippen LogP contribution in [0.15, 0.2) is 30.5 Å². The zero-order valence-corrected chi connectivity index (χ0v) is 29.5. The number of nitrogens with zero attached hydrogens (tertiary/aromatic N) is 5. The molecule has 5 N–H and O–H groups in total. The molecule has 0 spiro atoms. The van der Waals surface area contributed by atoms with Gasteiger partial charge in [0.15, 0.2) is 9.84 Å². The summed E-state index contributed by atoms with van der Waals surface area (Å²) in [5.74, 6) is -5.16. The lowest BCUT2D eigenvalue weighted by Gasteiger charge is -2.37. The van der Waals surface area contributed by atoms with Crippen molar-refractivity contribution in [3.05, 3.63) is 47.3 Å². The summed E-state index contributed by atoms with van der Waals surface area (Å²) in [6.07, 6.45) is 5.64. The third-order valence-electron chi connectivity index (χ3n) is 10.3. The monoisotopic (exact) mass is 724 g/mol. The second-order valence-electron chi connectivity index (χ2n) is 14.4. The van der Waals surface area contributed by atoms with Gasteiger partial charge in [-0.05, 0) is 63.3 Å². The highest BCUT2D eigenvalue weighted by molar-refractivity contribution is 7.91. The minimum absolute atomic E-state index is 0.0388. The van der Waals surface area contributed by atoms with Gasteiger partial charge in [0, 0.05) is 18.5 Å². The maximum atomic E-state index is 14.7. The summed E-state index contributed by atoms with van der Waals surface area (Å²) in [5, 5.41) is 33.6. The molecule has 274 valence electrons. The number of sulfone groups is 1. The molecule has 1 aliphatic carbocycles. The number of ketones is 1. The summed E-state index contributed by atoms with van der Waals surface area (Å²) in [6.45, 7) is 3.00. The summed E-state index contributed by atoms with van der Waals surface area (Å²) in [4.78, 5) is 69.0. The maximum absolute atomic E-state index is 14.7. The van der Waals surface area contributed by atoms with E-state index in [9.17, 15) is 42.8 Å². The zero-order valence-electron chi connectivity index (χ0n) is 28.7. The fourth-order valence-corrected chi connectivity index (χ4v) is 8.92. The lowest BCUT2D eigenvalue weighted by molar-refractivity contribution is -0.145. The molecule has 3 atom stereocenters. The van der Waals surface area contributed by atoms with Gasteiger partial charge in [-0.25, -0.2) is 13.1 Å². The normalized spacial score (nSPS) is 22.4. The third-order valence-corrected chi connectivity index (χ3v) is 11.9. The minimum Gasteiger partial charge on any atom is -0.384 e. The highest BCUT2D eigenvalue weighted by atomic mass is 32.2. The first-order valence-corrected chi connectivity index (χ1v) is 19.0. The Morgan fingerprint density at radius 3 is 2.33 bits per heavy atom. The van der Waals surface area contributed by atoms with E-state index >= 15 is 0 Å². The minimum atomic E-state index is -3.53. The summed E-state index contributed by atoms with van der Waals surface area (Å²) in [6, 6.07) is 4.98. The van der Waals surface area contributed by atoms with Gasteiger partial charge in [-0.1, -0.05) is 37.3 Å². The number of carbonyl (C=O) groups is 5. The number of aromatic nitrogens is 3. The van der Waals surface area contributed by atoms with Crippen molar-refractivity contribution >= 4 is 39.2 Å². The van der Waals surface area contributed by atoms with Gasteiger partial charge in [-0.3, -0.25) is 24.0 Å². The van der Waals surface area contributed by atoms with E-state index < -0.39 is 80.0 Å². The van der Waals surface area contributed by atoms with Crippen LogP contribution in [0.25, 0.3) is 0 Å². The number of amides is 4. The number of likely N-dealkylation sites (tertiary alicyclic amines) is 1. The van der Waals surface area contributed by atoms with Gasteiger partial charge >= 0.3 is 0 Å². The number of benzene rings is 1. The number of primary amides is 1. The molecule has 1 aromatic carbocycles. The van der Waals surface area contributed by atoms with Crippen LogP contribution in [0.2, 0.25) is 0 Å². The molecule has 0 bridgehead atoms. The molecule has 3 fully saturated rings. The second-order valence-corrected chi connectivity index (χ2v) is 16.7. The number of nitriles is 1. The zero-order chi connectivity index (χ0) is 37.1. The van der Waals surface area contributed by atoms with E-state index in [1.807, 2.05) is 6.07 Å². The predicted molar refractivity (Wildman–Crippen MR) is 181 cm³/mol. The molecule has 0 radical (unpaired) electrons. The molecule has 3 aliphatic rings. The van der Waals surface area contributed by atoms with Crippen molar-refractivity contribution in [3.8, 4) is 6.07 Å². The van der Waals surface area contributed by atoms with Crippen LogP contribution in [0, 0.1) is 17.2 Å². The largest absolute Gasteiger partial charge is 0.384 e. The number of nitrogens with two attached hydrogens (primary N) is 1. The molecule has 2 unspecified atom stereocenters. The van der Waals surface area contributed by atoms with E-state index in [2.05, 4.69) is 20.9 Å². The summed E-state index contributed by atoms with van der Waals surface area (Å²) in [5.41, 5.74) is 3.00. The molecular weight excluding hydrogens is 680 g/mol. The highest BCUT2D eigenvalue weighted by Crippen LogP contribution is 2.34. The van der Waals surface area contributed by atoms with Crippen LogP contribution < -0.4 is 16.4 Å². The van der Waals surface area contributed by atoms with Gasteiger partial charge in [0.1, 0.15) is 23.2 Å². The van der Waals surface area contributed by atoms with Gasteiger partial charge in [0.25, 0.3) is 11.8 Å². The van der Waals surface area contributed by atoms with Crippen LogP contribution in [0.4, 0.5) is 0 Å². The Morgan fingerprint density at radius 1 is 1.10 bits per heavy atom. The van der Waals surface area contributed by atoms with Gasteiger partial charge in [0.05, 0.1) is 41.1 Å². The van der Waals surface area contributed by atoms with Gasteiger partial charge in [-0.2, -0.15) is 5.26 Å². The average Bonchev–Trinajstić information content (AvgIpc) is 3.77. The van der Waals surface area contributed by atoms with Crippen LogP contribution in [-0.2, 0) is 34.6 Å². The lowest BCUT2D eigenvalue weighted by Crippen LogP contribution is -2.64. The van der Waals surface area contributed by atoms with Gasteiger partial charge in [0.2, 0.25) is 17.6 Å². The molecule has 5 rings (SSSR count). The molecule has 1 aromatic heterocycles. The summed E-state index contributed by atoms with van der Waals surface area (Å²) >= 11 is 0. The molecule has 17 heteroatoms. The van der Waals surface area contributed by atoms with E-state index in [0.29, 0.717) is 17.7 Å². The third kappa shape index (κ3) is 8.45. The summed E-state index contributed by atoms with van der Waals surface area (Å²) < 4.78 is 26.0. The standard InChI is InChI=1S/C34H44N8O8S/c1-33(2,48)27-19-37-40-42(27)24-17-26(31(46)39-34(28(43)29(36)44)12-14-51(49,50)15-13-34)41(20-24)32(47)25(16-21-6-4-3-5-7-21)38-30(45)23-10-8-22(18-35)9-11-23/h8-11,19,21,24-26,48H,3-7,12-17,20H2,1-2H3,(H2,36,44)(H,38,45)(H,39,46)/t24?,25-,26?/m1/s1. The smallest absolute Gasteiger partial charge is 0.287 e. The number of Topliss-reactive ketones (excluding diaryl/α,β-unsaturated/α-hetero) is 1. The molecule has 1 saturated carbocycles. The first kappa shape index (κ1) is 37.6. The van der Waals surface area contributed by atoms with Crippen LogP contribution in [0.3, 0.4) is 0 Å². The van der Waals surface area contributed by atoms with Gasteiger partial charge < -0.3 is 26.4 Å². The quantitative estimate of drug-likeness (QED) is 0.231. The van der Waals surface area contributed by atoms with Gasteiger partial charge in [-0.15, -0.1) is 5.10 Å². The summed E-state index contributed by atoms with van der Waals surface area (Å²) in [7, 11) is -3.53. The molecule has 3 heterocycles. The van der Waals surface area contributed by atoms with E-state index in [1.54, 1.807) is 13.8 Å². The SMILES string of the molecule is CC(C)(O)c1cnnn1C1CC(C(=O)NC2(C(=O)C(N)=O)CCS(=O)(=O)CC2)N(C(=O)[C@@H](CC2CCCCC2)NC(=O)c2ccc(C#N)cc2)C1. The van der Waals surface area contributed by atoms with E-state index in [4.69, 9.17) is 5.73 Å². The Bertz CT molecular complexity index is 1810. The van der Waals surface area contributed by atoms with Crippen LogP contribution in [0.5, 0.6) is 0 Å². The number of nitrogens with one attached hydrogen (secondary N) is 2. The molecule has 4 amide bonds. The Morgan fingerprint density at radius 2 is 1.75 bits per heavy atom. The number of hydrogen-bond donors (Lipinski definition) is 4. The Kier molecular flexibility index (Phi) is 11.0. The Labute approximate surface area is 296 Å². The second kappa shape index (κ2) is 14.9. The average molecular weight is 725 g/mol. The van der Waals surface area contributed by atoms with E-state index in [0.717, 1.165) is 32.1 Å². The number of hydrogen-bond acceptors (Lipinski definition) is 11. The predicted octanol–water partition coefficient (Wildman–Crippen LogP) is 0.406. The van der Waals surface area contributed by atoms with Crippen molar-refractivity contribution in [3.63, 3.8) is 0 Å². The molecule has 2 aromatic rings. The fraction of sp³-hybridized carbons (Fsp3) is 0.588. The van der Waals surface area contributed by atoms with E-state index in [1.165, 1.54) is 40.0 Å². The van der Waals surface area contributed by atoms with Crippen LogP contribution >= 0.6 is 0 Å². The molecule has 16 nitrogen and oxygen atoms in total. The molecule has 2 aliphatic heterocycles. The number of aliphatic hydroxyl groups is 1. The van der Waals surface area contributed by atoms with Crippen molar-refractivity contribution in [1.82, 2.24) is 30.5 Å². The number of carbonyl (C=O) groups excluding carboxylic acids is 5. The maximum Gasteiger partial charge on any atom is 0.287 e. The van der Waals surface area contributed by atoms with Crippen molar-refractivity contribution in [2.75, 3.05) is 18.1 Å². The Hall–Kier alpha value is -4.69. The number of rotatable bonds is 11. The highest BCUT2D eigenvalue weighted by Gasteiger charge is 2.50. The topological polar surface area (TPSA) is 248 Å². The van der Waals surface area contributed by atoms with Crippen molar-refractivity contribution in [2.24, 2.45) is 11.7 Å². The fourth-order valence-electron chi connectivity index (χ4n) is 7.40. The molecule has 51 heavy (non-hydrogen) atoms. The van der Waals surface area contributed by atoms with E-state index in [-0.39, 0.29) is 37.3 Å². The Balaban J connectivity index is 1.49. The first-order valence-electron chi connectivity index (χ1n) is 17.1.